The molecule has 0 bridgehead atoms. The Balaban J connectivity index is 1.73. The first kappa shape index (κ1) is 21.1. The van der Waals surface area contributed by atoms with E-state index in [-0.39, 0.29) is 12.2 Å². The minimum atomic E-state index is -1.06. The van der Waals surface area contributed by atoms with E-state index in [9.17, 15) is 9.59 Å². The smallest absolute Gasteiger partial charge is 0.336 e. The summed E-state index contributed by atoms with van der Waals surface area (Å²) < 4.78 is 16.1. The second-order valence-corrected chi connectivity index (χ2v) is 8.06. The standard InChI is InChI=1S/C22H26O7/c1-21(2,3)29-28-18-10-11-22(13-17(18)19(23)25-4)12-16(27-20(22)24)14-26-15-8-6-5-7-9-15/h5-11,13,16,18H,12,14H2,1-4H3. The molecule has 2 aliphatic rings. The van der Waals surface area contributed by atoms with Crippen LogP contribution in [0, 0.1) is 5.41 Å². The average molecular weight is 402 g/mol. The average Bonchev–Trinajstić information content (AvgIpc) is 3.00. The molecule has 0 amide bonds. The van der Waals surface area contributed by atoms with Crippen LogP contribution in [0.5, 0.6) is 5.75 Å². The summed E-state index contributed by atoms with van der Waals surface area (Å²) in [6.07, 6.45) is 4.01. The highest BCUT2D eigenvalue weighted by atomic mass is 17.2. The fourth-order valence-electron chi connectivity index (χ4n) is 3.16. The normalized spacial score (nSPS) is 26.2. The molecule has 1 aromatic rings. The van der Waals surface area contributed by atoms with Crippen LogP contribution in [0.4, 0.5) is 0 Å². The van der Waals surface area contributed by atoms with E-state index in [0.29, 0.717) is 12.2 Å². The van der Waals surface area contributed by atoms with E-state index in [1.807, 2.05) is 51.1 Å². The van der Waals surface area contributed by atoms with Crippen molar-refractivity contribution in [3.05, 3.63) is 54.1 Å². The Morgan fingerprint density at radius 1 is 1.24 bits per heavy atom. The Morgan fingerprint density at radius 3 is 2.62 bits per heavy atom. The van der Waals surface area contributed by atoms with Gasteiger partial charge in [-0.05, 0) is 39.0 Å². The topological polar surface area (TPSA) is 80.3 Å². The van der Waals surface area contributed by atoms with Crippen molar-refractivity contribution in [3.63, 3.8) is 0 Å². The summed E-state index contributed by atoms with van der Waals surface area (Å²) in [6, 6.07) is 9.29. The monoisotopic (exact) mass is 402 g/mol. The van der Waals surface area contributed by atoms with Crippen molar-refractivity contribution in [2.24, 2.45) is 5.41 Å². The maximum absolute atomic E-state index is 12.7. The molecule has 1 fully saturated rings. The predicted octanol–water partition coefficient (Wildman–Crippen LogP) is 3.15. The second kappa shape index (κ2) is 8.39. The van der Waals surface area contributed by atoms with Crippen molar-refractivity contribution in [2.45, 2.75) is 45.0 Å². The van der Waals surface area contributed by atoms with Gasteiger partial charge in [-0.15, -0.1) is 0 Å². The van der Waals surface area contributed by atoms with Gasteiger partial charge in [-0.3, -0.25) is 4.79 Å². The molecule has 1 aliphatic heterocycles. The summed E-state index contributed by atoms with van der Waals surface area (Å²) in [4.78, 5) is 35.7. The Bertz CT molecular complexity index is 806. The van der Waals surface area contributed by atoms with Crippen LogP contribution in [-0.2, 0) is 28.8 Å². The summed E-state index contributed by atoms with van der Waals surface area (Å²) in [7, 11) is 1.28. The van der Waals surface area contributed by atoms with Gasteiger partial charge >= 0.3 is 11.9 Å². The largest absolute Gasteiger partial charge is 0.490 e. The number of hydrogen-bond donors (Lipinski definition) is 0. The molecule has 156 valence electrons. The number of methoxy groups -OCH3 is 1. The number of carbonyl (C=O) groups is 2. The lowest BCUT2D eigenvalue weighted by Crippen LogP contribution is -2.33. The quantitative estimate of drug-likeness (QED) is 0.313. The van der Waals surface area contributed by atoms with E-state index < -0.39 is 35.2 Å². The number of para-hydroxylation sites is 1. The zero-order chi connectivity index (χ0) is 21.1. The van der Waals surface area contributed by atoms with Crippen LogP contribution < -0.4 is 4.74 Å². The van der Waals surface area contributed by atoms with Gasteiger partial charge < -0.3 is 14.2 Å². The molecule has 1 aromatic carbocycles. The molecule has 0 saturated carbocycles. The molecule has 3 unspecified atom stereocenters. The van der Waals surface area contributed by atoms with Crippen LogP contribution in [0.2, 0.25) is 0 Å². The number of hydrogen-bond acceptors (Lipinski definition) is 7. The van der Waals surface area contributed by atoms with Gasteiger partial charge in [-0.2, -0.15) is 0 Å². The highest BCUT2D eigenvalue weighted by Crippen LogP contribution is 2.42. The van der Waals surface area contributed by atoms with Crippen molar-refractivity contribution in [1.29, 1.82) is 0 Å². The van der Waals surface area contributed by atoms with Gasteiger partial charge in [0.05, 0.1) is 18.3 Å². The summed E-state index contributed by atoms with van der Waals surface area (Å²) in [5.74, 6) is -0.331. The number of benzene rings is 1. The van der Waals surface area contributed by atoms with Crippen molar-refractivity contribution in [1.82, 2.24) is 0 Å². The van der Waals surface area contributed by atoms with E-state index >= 15 is 0 Å². The molecule has 7 nitrogen and oxygen atoms in total. The van der Waals surface area contributed by atoms with Crippen molar-refractivity contribution in [2.75, 3.05) is 13.7 Å². The number of esters is 2. The molecule has 29 heavy (non-hydrogen) atoms. The molecule has 0 aromatic heterocycles. The Kier molecular flexibility index (Phi) is 6.10. The molecule has 1 spiro atoms. The van der Waals surface area contributed by atoms with E-state index in [1.54, 1.807) is 18.2 Å². The van der Waals surface area contributed by atoms with Crippen molar-refractivity contribution in [3.8, 4) is 5.75 Å². The van der Waals surface area contributed by atoms with Gasteiger partial charge in [0.1, 0.15) is 30.0 Å². The number of cyclic esters (lactones) is 1. The van der Waals surface area contributed by atoms with Crippen LogP contribution in [0.3, 0.4) is 0 Å². The molecule has 3 atom stereocenters. The summed E-state index contributed by atoms with van der Waals surface area (Å²) in [5, 5.41) is 0. The third kappa shape index (κ3) is 5.05. The first-order valence-corrected chi connectivity index (χ1v) is 9.46. The number of rotatable bonds is 6. The molecule has 0 radical (unpaired) electrons. The van der Waals surface area contributed by atoms with Crippen LogP contribution in [-0.4, -0.2) is 43.5 Å². The molecule has 1 heterocycles. The first-order valence-electron chi connectivity index (χ1n) is 9.46. The maximum Gasteiger partial charge on any atom is 0.336 e. The Hall–Kier alpha value is -2.64. The molecular formula is C22H26O7. The van der Waals surface area contributed by atoms with E-state index in [4.69, 9.17) is 24.0 Å². The van der Waals surface area contributed by atoms with Gasteiger partial charge in [0.2, 0.25) is 0 Å². The predicted molar refractivity (Wildman–Crippen MR) is 104 cm³/mol. The fourth-order valence-corrected chi connectivity index (χ4v) is 3.16. The molecule has 7 heteroatoms. The highest BCUT2D eigenvalue weighted by molar-refractivity contribution is 5.94. The summed E-state index contributed by atoms with van der Waals surface area (Å²) >= 11 is 0. The molecule has 3 rings (SSSR count). The zero-order valence-electron chi connectivity index (χ0n) is 17.0. The lowest BCUT2D eigenvalue weighted by molar-refractivity contribution is -0.358. The minimum Gasteiger partial charge on any atom is -0.490 e. The Morgan fingerprint density at radius 2 is 1.97 bits per heavy atom. The van der Waals surface area contributed by atoms with Crippen LogP contribution in [0.25, 0.3) is 0 Å². The third-order valence-electron chi connectivity index (χ3n) is 4.51. The van der Waals surface area contributed by atoms with Crippen molar-refractivity contribution >= 4 is 11.9 Å². The third-order valence-corrected chi connectivity index (χ3v) is 4.51. The fraction of sp³-hybridized carbons (Fsp3) is 0.455. The highest BCUT2D eigenvalue weighted by Gasteiger charge is 2.49. The zero-order valence-corrected chi connectivity index (χ0v) is 17.0. The molecule has 1 aliphatic carbocycles. The molecule has 1 saturated heterocycles. The summed E-state index contributed by atoms with van der Waals surface area (Å²) in [6.45, 7) is 5.70. The van der Waals surface area contributed by atoms with Crippen LogP contribution >= 0.6 is 0 Å². The molecular weight excluding hydrogens is 376 g/mol. The Labute approximate surface area is 170 Å². The second-order valence-electron chi connectivity index (χ2n) is 8.06. The van der Waals surface area contributed by atoms with E-state index in [2.05, 4.69) is 0 Å². The molecule has 0 N–H and O–H groups in total. The lowest BCUT2D eigenvalue weighted by Gasteiger charge is -2.28. The number of ether oxygens (including phenoxy) is 3. The van der Waals surface area contributed by atoms with Crippen LogP contribution in [0.1, 0.15) is 27.2 Å². The van der Waals surface area contributed by atoms with Gasteiger partial charge in [-0.25, -0.2) is 14.6 Å². The first-order chi connectivity index (χ1) is 13.7. The van der Waals surface area contributed by atoms with Gasteiger partial charge in [0.25, 0.3) is 0 Å². The summed E-state index contributed by atoms with van der Waals surface area (Å²) in [5.41, 5.74) is -1.42. The SMILES string of the molecule is COC(=O)C1=CC2(C=CC1OOC(C)(C)C)CC(COc1ccccc1)OC2=O. The van der Waals surface area contributed by atoms with Gasteiger partial charge in [0.15, 0.2) is 0 Å². The van der Waals surface area contributed by atoms with E-state index in [0.717, 1.165) is 0 Å². The van der Waals surface area contributed by atoms with E-state index in [1.165, 1.54) is 7.11 Å². The van der Waals surface area contributed by atoms with Crippen molar-refractivity contribution < 1.29 is 33.6 Å². The van der Waals surface area contributed by atoms with Gasteiger partial charge in [-0.1, -0.05) is 30.4 Å². The lowest BCUT2D eigenvalue weighted by atomic mass is 9.78. The van der Waals surface area contributed by atoms with Crippen LogP contribution in [0.15, 0.2) is 54.1 Å². The maximum atomic E-state index is 12.7. The minimum absolute atomic E-state index is 0.195. The number of carbonyl (C=O) groups excluding carboxylic acids is 2. The van der Waals surface area contributed by atoms with Gasteiger partial charge in [0, 0.05) is 6.42 Å².